The number of hydrogen-bond acceptors (Lipinski definition) is 6. The van der Waals surface area contributed by atoms with Gasteiger partial charge in [0.25, 0.3) is 0 Å². The molecule has 20 heavy (non-hydrogen) atoms. The number of nitrogen functional groups attached to an aromatic ring is 1. The summed E-state index contributed by atoms with van der Waals surface area (Å²) >= 11 is 0. The van der Waals surface area contributed by atoms with Gasteiger partial charge < -0.3 is 20.5 Å². The lowest BCUT2D eigenvalue weighted by molar-refractivity contribution is -0.138. The fourth-order valence-electron chi connectivity index (χ4n) is 2.11. The molecule has 2 aromatic heterocycles. The number of nitrogens with two attached hydrogens (primary N) is 1. The molecule has 0 aromatic carbocycles. The summed E-state index contributed by atoms with van der Waals surface area (Å²) in [5.74, 6) is -0.0264. The maximum absolute atomic E-state index is 12.2. The Balaban J connectivity index is 1.81. The molecule has 1 aliphatic heterocycles. The molecule has 2 amide bonds. The molecule has 0 bridgehead atoms. The average Bonchev–Trinajstić information content (AvgIpc) is 2.83. The minimum absolute atomic E-state index is 0.0697. The summed E-state index contributed by atoms with van der Waals surface area (Å²) in [6.45, 7) is 1.14. The van der Waals surface area contributed by atoms with Crippen LogP contribution >= 0.6 is 0 Å². The maximum atomic E-state index is 12.2. The molecule has 1 aliphatic rings. The highest BCUT2D eigenvalue weighted by Gasteiger charge is 2.22. The fraction of sp³-hybridized carbons (Fsp3) is 0.364. The van der Waals surface area contributed by atoms with E-state index in [0.29, 0.717) is 24.3 Å². The van der Waals surface area contributed by atoms with Gasteiger partial charge in [0.05, 0.1) is 12.9 Å². The van der Waals surface area contributed by atoms with E-state index in [0.717, 1.165) is 0 Å². The molecule has 1 saturated heterocycles. The van der Waals surface area contributed by atoms with Crippen LogP contribution in [0.15, 0.2) is 12.7 Å². The van der Waals surface area contributed by atoms with E-state index < -0.39 is 0 Å². The number of imidazole rings is 1. The summed E-state index contributed by atoms with van der Waals surface area (Å²) in [6.07, 6.45) is 2.83. The van der Waals surface area contributed by atoms with Gasteiger partial charge in [-0.1, -0.05) is 0 Å². The number of fused-ring (bicyclic) bond motifs is 1. The van der Waals surface area contributed by atoms with Crippen molar-refractivity contribution < 1.29 is 9.59 Å². The van der Waals surface area contributed by atoms with Crippen molar-refractivity contribution in [3.05, 3.63) is 12.7 Å². The van der Waals surface area contributed by atoms with Gasteiger partial charge in [-0.15, -0.1) is 0 Å². The van der Waals surface area contributed by atoms with Gasteiger partial charge in [0.1, 0.15) is 18.4 Å². The molecule has 9 nitrogen and oxygen atoms in total. The molecule has 104 valence electrons. The third-order valence-electron chi connectivity index (χ3n) is 3.13. The third-order valence-corrected chi connectivity index (χ3v) is 3.13. The second-order valence-electron chi connectivity index (χ2n) is 4.47. The van der Waals surface area contributed by atoms with Crippen molar-refractivity contribution in [3.8, 4) is 0 Å². The standard InChI is InChI=1S/C11H13N7O2/c12-10-9-11(15-5-14-10)18(6-16-9)4-8(20)17-2-1-13-7(19)3-17/h5-6H,1-4H2,(H,13,19)(H2,12,14,15). The van der Waals surface area contributed by atoms with Gasteiger partial charge in [-0.3, -0.25) is 9.59 Å². The summed E-state index contributed by atoms with van der Waals surface area (Å²) < 4.78 is 1.60. The minimum Gasteiger partial charge on any atom is -0.382 e. The molecule has 0 aliphatic carbocycles. The van der Waals surface area contributed by atoms with Crippen LogP contribution < -0.4 is 11.1 Å². The van der Waals surface area contributed by atoms with Crippen LogP contribution in [0.25, 0.3) is 11.2 Å². The molecule has 0 radical (unpaired) electrons. The first-order valence-electron chi connectivity index (χ1n) is 6.11. The lowest BCUT2D eigenvalue weighted by atomic mass is 10.3. The quantitative estimate of drug-likeness (QED) is 0.679. The number of carbonyl (C=O) groups is 2. The van der Waals surface area contributed by atoms with Crippen molar-refractivity contribution >= 4 is 28.8 Å². The van der Waals surface area contributed by atoms with Crippen molar-refractivity contribution in [2.75, 3.05) is 25.4 Å². The van der Waals surface area contributed by atoms with Crippen LogP contribution in [0.4, 0.5) is 5.82 Å². The van der Waals surface area contributed by atoms with Crippen molar-refractivity contribution in [1.82, 2.24) is 29.7 Å². The van der Waals surface area contributed by atoms with Crippen molar-refractivity contribution in [2.45, 2.75) is 6.54 Å². The van der Waals surface area contributed by atoms with Crippen LogP contribution in [0.3, 0.4) is 0 Å². The zero-order valence-corrected chi connectivity index (χ0v) is 10.6. The first-order valence-corrected chi connectivity index (χ1v) is 6.11. The van der Waals surface area contributed by atoms with Gasteiger partial charge in [0.15, 0.2) is 11.5 Å². The Kier molecular flexibility index (Phi) is 2.93. The number of amides is 2. The van der Waals surface area contributed by atoms with Crippen LogP contribution in [0.5, 0.6) is 0 Å². The van der Waals surface area contributed by atoms with E-state index in [9.17, 15) is 9.59 Å². The lowest BCUT2D eigenvalue weighted by Gasteiger charge is -2.26. The van der Waals surface area contributed by atoms with Gasteiger partial charge in [-0.25, -0.2) is 15.0 Å². The lowest BCUT2D eigenvalue weighted by Crippen LogP contribution is -2.50. The molecule has 0 unspecified atom stereocenters. The number of carbonyl (C=O) groups excluding carboxylic acids is 2. The highest BCUT2D eigenvalue weighted by molar-refractivity contribution is 5.87. The monoisotopic (exact) mass is 275 g/mol. The average molecular weight is 275 g/mol. The fourth-order valence-corrected chi connectivity index (χ4v) is 2.11. The van der Waals surface area contributed by atoms with E-state index in [1.54, 1.807) is 4.57 Å². The normalized spacial score (nSPS) is 15.4. The van der Waals surface area contributed by atoms with E-state index in [4.69, 9.17) is 5.73 Å². The Hall–Kier alpha value is -2.71. The van der Waals surface area contributed by atoms with Crippen LogP contribution in [0.1, 0.15) is 0 Å². The summed E-state index contributed by atoms with van der Waals surface area (Å²) in [5, 5.41) is 2.67. The molecular weight excluding hydrogens is 262 g/mol. The Bertz CT molecular complexity index is 680. The largest absolute Gasteiger partial charge is 0.382 e. The van der Waals surface area contributed by atoms with Crippen LogP contribution in [0.2, 0.25) is 0 Å². The molecule has 0 saturated carbocycles. The molecule has 0 spiro atoms. The number of nitrogens with zero attached hydrogens (tertiary/aromatic N) is 5. The van der Waals surface area contributed by atoms with Gasteiger partial charge in [-0.2, -0.15) is 0 Å². The van der Waals surface area contributed by atoms with Crippen molar-refractivity contribution in [2.24, 2.45) is 0 Å². The Morgan fingerprint density at radius 2 is 2.25 bits per heavy atom. The van der Waals surface area contributed by atoms with Gasteiger partial charge >= 0.3 is 0 Å². The summed E-state index contributed by atoms with van der Waals surface area (Å²) in [7, 11) is 0. The van der Waals surface area contributed by atoms with E-state index >= 15 is 0 Å². The number of hydrogen-bond donors (Lipinski definition) is 2. The highest BCUT2D eigenvalue weighted by Crippen LogP contribution is 2.14. The van der Waals surface area contributed by atoms with Crippen molar-refractivity contribution in [1.29, 1.82) is 0 Å². The molecule has 1 fully saturated rings. The number of aromatic nitrogens is 4. The highest BCUT2D eigenvalue weighted by atomic mass is 16.2. The predicted molar refractivity (Wildman–Crippen MR) is 69.3 cm³/mol. The van der Waals surface area contributed by atoms with Crippen LogP contribution in [-0.4, -0.2) is 55.9 Å². The van der Waals surface area contributed by atoms with Gasteiger partial charge in [0.2, 0.25) is 11.8 Å². The molecule has 0 atom stereocenters. The number of anilines is 1. The Labute approximate surface area is 113 Å². The topological polar surface area (TPSA) is 119 Å². The molecular formula is C11H13N7O2. The predicted octanol–water partition coefficient (Wildman–Crippen LogP) is -1.63. The minimum atomic E-state index is -0.156. The van der Waals surface area contributed by atoms with E-state index in [1.165, 1.54) is 17.6 Å². The SMILES string of the molecule is Nc1ncnc2c1ncn2CC(=O)N1CCNC(=O)C1. The first kappa shape index (κ1) is 12.3. The molecule has 3 heterocycles. The number of piperazine rings is 1. The third kappa shape index (κ3) is 2.13. The Morgan fingerprint density at radius 1 is 1.40 bits per heavy atom. The molecule has 3 N–H and O–H groups in total. The van der Waals surface area contributed by atoms with Crippen molar-refractivity contribution in [3.63, 3.8) is 0 Å². The second kappa shape index (κ2) is 4.76. The van der Waals surface area contributed by atoms with Gasteiger partial charge in [0, 0.05) is 13.1 Å². The summed E-state index contributed by atoms with van der Waals surface area (Å²) in [6, 6.07) is 0. The van der Waals surface area contributed by atoms with E-state index in [1.807, 2.05) is 0 Å². The zero-order valence-electron chi connectivity index (χ0n) is 10.6. The van der Waals surface area contributed by atoms with Crippen LogP contribution in [-0.2, 0) is 16.1 Å². The molecule has 2 aromatic rings. The zero-order chi connectivity index (χ0) is 14.1. The van der Waals surface area contributed by atoms with Gasteiger partial charge in [-0.05, 0) is 0 Å². The number of rotatable bonds is 2. The van der Waals surface area contributed by atoms with E-state index in [2.05, 4.69) is 20.3 Å². The van der Waals surface area contributed by atoms with E-state index in [-0.39, 0.29) is 30.7 Å². The first-order chi connectivity index (χ1) is 9.65. The molecule has 3 rings (SSSR count). The smallest absolute Gasteiger partial charge is 0.243 e. The maximum Gasteiger partial charge on any atom is 0.243 e. The summed E-state index contributed by atoms with van der Waals surface area (Å²) in [5.41, 5.74) is 6.66. The molecule has 9 heteroatoms. The number of nitrogens with one attached hydrogen (secondary N) is 1. The second-order valence-corrected chi connectivity index (χ2v) is 4.47. The Morgan fingerprint density at radius 3 is 3.05 bits per heavy atom. The van der Waals surface area contributed by atoms with Crippen LogP contribution in [0, 0.1) is 0 Å². The summed E-state index contributed by atoms with van der Waals surface area (Å²) in [4.78, 5) is 37.0.